The fourth-order valence-electron chi connectivity index (χ4n) is 1.87. The van der Waals surface area contributed by atoms with Crippen LogP contribution in [0.5, 0.6) is 0 Å². The number of rotatable bonds is 2. The summed E-state index contributed by atoms with van der Waals surface area (Å²) >= 11 is 0. The van der Waals surface area contributed by atoms with Gasteiger partial charge in [-0.3, -0.25) is 4.79 Å². The summed E-state index contributed by atoms with van der Waals surface area (Å²) < 4.78 is 9.68. The van der Waals surface area contributed by atoms with Crippen LogP contribution in [0.25, 0.3) is 0 Å². The average molecular weight is 271 g/mol. The van der Waals surface area contributed by atoms with Crippen LogP contribution in [0.1, 0.15) is 26.5 Å². The van der Waals surface area contributed by atoms with Crippen molar-refractivity contribution in [3.8, 4) is 0 Å². The first-order valence-corrected chi connectivity index (χ1v) is 5.86. The van der Waals surface area contributed by atoms with E-state index in [2.05, 4.69) is 5.32 Å². The Bertz CT molecular complexity index is 748. The Labute approximate surface area is 113 Å². The molecule has 1 aliphatic rings. The van der Waals surface area contributed by atoms with Crippen molar-refractivity contribution >= 4 is 17.6 Å². The van der Waals surface area contributed by atoms with E-state index in [1.165, 1.54) is 6.07 Å². The van der Waals surface area contributed by atoms with Crippen LogP contribution in [0.15, 0.2) is 45.6 Å². The lowest BCUT2D eigenvalue weighted by Gasteiger charge is -2.04. The zero-order valence-electron chi connectivity index (χ0n) is 10.2. The molecule has 1 aromatic heterocycles. The van der Waals surface area contributed by atoms with Gasteiger partial charge in [-0.2, -0.15) is 0 Å². The quantitative estimate of drug-likeness (QED) is 0.838. The molecule has 1 aliphatic heterocycles. The molecular weight excluding hydrogens is 262 g/mol. The first-order chi connectivity index (χ1) is 9.65. The van der Waals surface area contributed by atoms with E-state index in [4.69, 9.17) is 9.15 Å². The van der Waals surface area contributed by atoms with Crippen LogP contribution in [0, 0.1) is 0 Å². The van der Waals surface area contributed by atoms with E-state index in [1.54, 1.807) is 30.3 Å². The monoisotopic (exact) mass is 271 g/mol. The smallest absolute Gasteiger partial charge is 0.360 e. The van der Waals surface area contributed by atoms with Crippen molar-refractivity contribution < 1.29 is 18.7 Å². The highest BCUT2D eigenvalue weighted by Crippen LogP contribution is 2.20. The SMILES string of the molecule is O=C(Nc1cc2c(oc1=O)COC2=O)c1ccccc1. The number of benzene rings is 1. The summed E-state index contributed by atoms with van der Waals surface area (Å²) in [4.78, 5) is 35.0. The molecule has 0 saturated heterocycles. The lowest BCUT2D eigenvalue weighted by Crippen LogP contribution is -2.18. The molecule has 1 N–H and O–H groups in total. The second-order valence-corrected chi connectivity index (χ2v) is 4.18. The first kappa shape index (κ1) is 12.2. The van der Waals surface area contributed by atoms with Gasteiger partial charge in [-0.25, -0.2) is 9.59 Å². The summed E-state index contributed by atoms with van der Waals surface area (Å²) in [6.45, 7) is -0.0592. The largest absolute Gasteiger partial charge is 0.454 e. The van der Waals surface area contributed by atoms with Gasteiger partial charge in [-0.1, -0.05) is 18.2 Å². The number of anilines is 1. The molecule has 0 spiro atoms. The van der Waals surface area contributed by atoms with Gasteiger partial charge < -0.3 is 14.5 Å². The number of hydrogen-bond donors (Lipinski definition) is 1. The minimum Gasteiger partial charge on any atom is -0.454 e. The number of hydrogen-bond acceptors (Lipinski definition) is 5. The Balaban J connectivity index is 1.92. The Morgan fingerprint density at radius 1 is 1.15 bits per heavy atom. The predicted molar refractivity (Wildman–Crippen MR) is 68.5 cm³/mol. The number of nitrogens with one attached hydrogen (secondary N) is 1. The molecule has 0 aliphatic carbocycles. The molecule has 6 nitrogen and oxygen atoms in total. The number of fused-ring (bicyclic) bond motifs is 1. The molecule has 0 radical (unpaired) electrons. The Kier molecular flexibility index (Phi) is 2.83. The van der Waals surface area contributed by atoms with Gasteiger partial charge in [0.05, 0.1) is 0 Å². The molecule has 0 fully saturated rings. The maximum atomic E-state index is 11.9. The van der Waals surface area contributed by atoms with Crippen LogP contribution >= 0.6 is 0 Å². The highest BCUT2D eigenvalue weighted by atomic mass is 16.6. The fraction of sp³-hybridized carbons (Fsp3) is 0.0714. The van der Waals surface area contributed by atoms with Gasteiger partial charge in [0.25, 0.3) is 5.91 Å². The van der Waals surface area contributed by atoms with Crippen molar-refractivity contribution in [3.63, 3.8) is 0 Å². The minimum absolute atomic E-state index is 0.0592. The van der Waals surface area contributed by atoms with E-state index < -0.39 is 17.5 Å². The zero-order chi connectivity index (χ0) is 14.1. The molecule has 0 atom stereocenters. The molecule has 0 saturated carbocycles. The Morgan fingerprint density at radius 2 is 1.90 bits per heavy atom. The second kappa shape index (κ2) is 4.65. The summed E-state index contributed by atoms with van der Waals surface area (Å²) in [5, 5.41) is 2.42. The maximum absolute atomic E-state index is 11.9. The Hall–Kier alpha value is -2.89. The topological polar surface area (TPSA) is 85.6 Å². The fourth-order valence-corrected chi connectivity index (χ4v) is 1.87. The van der Waals surface area contributed by atoms with E-state index in [0.717, 1.165) is 0 Å². The van der Waals surface area contributed by atoms with E-state index in [9.17, 15) is 14.4 Å². The third kappa shape index (κ3) is 2.07. The molecule has 3 rings (SSSR count). The highest BCUT2D eigenvalue weighted by molar-refractivity contribution is 6.04. The van der Waals surface area contributed by atoms with Crippen LogP contribution in [0.3, 0.4) is 0 Å². The highest BCUT2D eigenvalue weighted by Gasteiger charge is 2.26. The molecule has 20 heavy (non-hydrogen) atoms. The lowest BCUT2D eigenvalue weighted by atomic mass is 10.2. The number of amides is 1. The molecule has 0 unspecified atom stereocenters. The van der Waals surface area contributed by atoms with Crippen molar-refractivity contribution in [1.29, 1.82) is 0 Å². The molecule has 100 valence electrons. The molecule has 2 heterocycles. The number of carbonyl (C=O) groups is 2. The van der Waals surface area contributed by atoms with Crippen molar-refractivity contribution in [2.75, 3.05) is 5.32 Å². The zero-order valence-corrected chi connectivity index (χ0v) is 10.2. The third-order valence-electron chi connectivity index (χ3n) is 2.86. The van der Waals surface area contributed by atoms with Crippen LogP contribution in [-0.2, 0) is 11.3 Å². The summed E-state index contributed by atoms with van der Waals surface area (Å²) in [6, 6.07) is 9.68. The number of ether oxygens (including phenoxy) is 1. The van der Waals surface area contributed by atoms with Crippen LogP contribution in [0.2, 0.25) is 0 Å². The molecule has 2 aromatic rings. The molecule has 1 amide bonds. The van der Waals surface area contributed by atoms with Gasteiger partial charge in [-0.15, -0.1) is 0 Å². The van der Waals surface area contributed by atoms with Crippen molar-refractivity contribution in [2.24, 2.45) is 0 Å². The predicted octanol–water partition coefficient (Wildman–Crippen LogP) is 1.56. The van der Waals surface area contributed by atoms with E-state index in [-0.39, 0.29) is 23.6 Å². The van der Waals surface area contributed by atoms with Crippen LogP contribution < -0.4 is 10.9 Å². The van der Waals surface area contributed by atoms with Crippen molar-refractivity contribution in [2.45, 2.75) is 6.61 Å². The van der Waals surface area contributed by atoms with Gasteiger partial charge in [0.15, 0.2) is 12.4 Å². The third-order valence-corrected chi connectivity index (χ3v) is 2.86. The maximum Gasteiger partial charge on any atom is 0.360 e. The van der Waals surface area contributed by atoms with Gasteiger partial charge in [0, 0.05) is 5.56 Å². The molecule has 0 bridgehead atoms. The first-order valence-electron chi connectivity index (χ1n) is 5.86. The summed E-state index contributed by atoms with van der Waals surface area (Å²) in [5.74, 6) is -0.846. The Morgan fingerprint density at radius 3 is 2.65 bits per heavy atom. The van der Waals surface area contributed by atoms with E-state index >= 15 is 0 Å². The molecule has 6 heteroatoms. The summed E-state index contributed by atoms with van der Waals surface area (Å²) in [7, 11) is 0. The lowest BCUT2D eigenvalue weighted by molar-refractivity contribution is 0.0523. The van der Waals surface area contributed by atoms with Gasteiger partial charge in [0.1, 0.15) is 11.3 Å². The van der Waals surface area contributed by atoms with Crippen molar-refractivity contribution in [1.82, 2.24) is 0 Å². The number of carbonyl (C=O) groups excluding carboxylic acids is 2. The number of cyclic esters (lactones) is 1. The molecular formula is C14H9NO5. The molecule has 1 aromatic carbocycles. The van der Waals surface area contributed by atoms with Gasteiger partial charge in [0.2, 0.25) is 0 Å². The van der Waals surface area contributed by atoms with Gasteiger partial charge >= 0.3 is 11.6 Å². The summed E-state index contributed by atoms with van der Waals surface area (Å²) in [5.41, 5.74) is -0.245. The van der Waals surface area contributed by atoms with Crippen LogP contribution in [0.4, 0.5) is 5.69 Å². The second-order valence-electron chi connectivity index (χ2n) is 4.18. The summed E-state index contributed by atoms with van der Waals surface area (Å²) in [6.07, 6.45) is 0. The van der Waals surface area contributed by atoms with E-state index in [1.807, 2.05) is 0 Å². The minimum atomic E-state index is -0.716. The average Bonchev–Trinajstić information content (AvgIpc) is 2.81. The van der Waals surface area contributed by atoms with Crippen LogP contribution in [-0.4, -0.2) is 11.9 Å². The van der Waals surface area contributed by atoms with Crippen molar-refractivity contribution in [3.05, 3.63) is 63.7 Å². The number of esters is 1. The normalized spacial score (nSPS) is 12.7. The van der Waals surface area contributed by atoms with Gasteiger partial charge in [-0.05, 0) is 18.2 Å². The standard InChI is InChI=1S/C14H9NO5/c16-12(8-4-2-1-3-5-8)15-10-6-9-11(20-14(10)18)7-19-13(9)17/h1-6H,7H2,(H,15,16). The van der Waals surface area contributed by atoms with E-state index in [0.29, 0.717) is 5.56 Å².